The number of nitrogens with one attached hydrogen (secondary N) is 2. The second-order valence-corrected chi connectivity index (χ2v) is 4.87. The third-order valence-electron chi connectivity index (χ3n) is 2.93. The fourth-order valence-electron chi connectivity index (χ4n) is 1.77. The number of amides is 1. The first kappa shape index (κ1) is 15.5. The molecule has 0 aromatic heterocycles. The minimum absolute atomic E-state index is 0.0301. The topological polar surface area (TPSA) is 50.4 Å². The summed E-state index contributed by atoms with van der Waals surface area (Å²) in [6, 6.07) is 5.91. The van der Waals surface area contributed by atoms with Gasteiger partial charge in [-0.1, -0.05) is 19.9 Å². The van der Waals surface area contributed by atoms with E-state index in [0.29, 0.717) is 12.3 Å². The number of anilines is 2. The lowest BCUT2D eigenvalue weighted by molar-refractivity contribution is -0.115. The first-order valence-electron chi connectivity index (χ1n) is 6.70. The van der Waals surface area contributed by atoms with E-state index < -0.39 is 0 Å². The van der Waals surface area contributed by atoms with Gasteiger partial charge < -0.3 is 15.4 Å². The van der Waals surface area contributed by atoms with Gasteiger partial charge in [0, 0.05) is 31.5 Å². The van der Waals surface area contributed by atoms with Gasteiger partial charge in [-0.25, -0.2) is 0 Å². The average Bonchev–Trinajstić information content (AvgIpc) is 2.39. The molecule has 1 rings (SSSR count). The van der Waals surface area contributed by atoms with E-state index in [1.54, 1.807) is 7.11 Å². The molecule has 0 spiro atoms. The molecule has 1 aromatic rings. The molecule has 0 bridgehead atoms. The third-order valence-corrected chi connectivity index (χ3v) is 2.93. The van der Waals surface area contributed by atoms with Crippen molar-refractivity contribution in [1.82, 2.24) is 0 Å². The number of benzene rings is 1. The lowest BCUT2D eigenvalue weighted by Crippen LogP contribution is -2.16. The van der Waals surface area contributed by atoms with Gasteiger partial charge in [-0.2, -0.15) is 0 Å². The van der Waals surface area contributed by atoms with Crippen LogP contribution in [-0.4, -0.2) is 26.2 Å². The summed E-state index contributed by atoms with van der Waals surface area (Å²) >= 11 is 0. The van der Waals surface area contributed by atoms with Crippen LogP contribution in [0.25, 0.3) is 0 Å². The Bertz CT molecular complexity index is 419. The molecule has 0 saturated heterocycles. The van der Waals surface area contributed by atoms with E-state index in [1.807, 2.05) is 25.1 Å². The van der Waals surface area contributed by atoms with E-state index in [2.05, 4.69) is 24.5 Å². The van der Waals surface area contributed by atoms with E-state index >= 15 is 0 Å². The molecule has 0 heterocycles. The van der Waals surface area contributed by atoms with Crippen molar-refractivity contribution in [3.05, 3.63) is 23.8 Å². The molecule has 2 N–H and O–H groups in total. The van der Waals surface area contributed by atoms with Crippen molar-refractivity contribution in [2.45, 2.75) is 27.2 Å². The quantitative estimate of drug-likeness (QED) is 0.796. The fourth-order valence-corrected chi connectivity index (χ4v) is 1.77. The van der Waals surface area contributed by atoms with Crippen LogP contribution in [-0.2, 0) is 9.53 Å². The van der Waals surface area contributed by atoms with Crippen molar-refractivity contribution in [2.24, 2.45) is 5.92 Å². The maximum Gasteiger partial charge on any atom is 0.224 e. The van der Waals surface area contributed by atoms with Gasteiger partial charge in [0.05, 0.1) is 6.61 Å². The van der Waals surface area contributed by atoms with Gasteiger partial charge in [0.1, 0.15) is 0 Å². The van der Waals surface area contributed by atoms with Gasteiger partial charge in [-0.15, -0.1) is 0 Å². The zero-order chi connectivity index (χ0) is 14.3. The maximum absolute atomic E-state index is 11.4. The number of rotatable bonds is 7. The van der Waals surface area contributed by atoms with Gasteiger partial charge in [-0.05, 0) is 30.5 Å². The molecule has 106 valence electrons. The molecule has 1 atom stereocenters. The minimum atomic E-state index is 0.0301. The summed E-state index contributed by atoms with van der Waals surface area (Å²) < 4.78 is 5.12. The van der Waals surface area contributed by atoms with Gasteiger partial charge in [0.15, 0.2) is 0 Å². The predicted molar refractivity (Wildman–Crippen MR) is 79.6 cm³/mol. The Morgan fingerprint density at radius 3 is 2.79 bits per heavy atom. The highest BCUT2D eigenvalue weighted by atomic mass is 16.5. The van der Waals surface area contributed by atoms with Crippen molar-refractivity contribution in [2.75, 3.05) is 30.9 Å². The lowest BCUT2D eigenvalue weighted by Gasteiger charge is -2.15. The summed E-state index contributed by atoms with van der Waals surface area (Å²) in [5.74, 6) is 0.473. The summed E-state index contributed by atoms with van der Waals surface area (Å²) in [6.45, 7) is 7.61. The molecule has 0 saturated carbocycles. The number of hydrogen-bond donors (Lipinski definition) is 2. The molecule has 1 aromatic carbocycles. The molecular weight excluding hydrogens is 240 g/mol. The first-order valence-corrected chi connectivity index (χ1v) is 6.70. The van der Waals surface area contributed by atoms with Gasteiger partial charge in [0.2, 0.25) is 5.91 Å². The monoisotopic (exact) mass is 264 g/mol. The number of carbonyl (C=O) groups is 1. The number of ether oxygens (including phenoxy) is 1. The Morgan fingerprint density at radius 1 is 1.42 bits per heavy atom. The molecule has 0 aliphatic carbocycles. The van der Waals surface area contributed by atoms with Crippen LogP contribution in [0.4, 0.5) is 11.4 Å². The molecule has 4 nitrogen and oxygen atoms in total. The van der Waals surface area contributed by atoms with Crippen LogP contribution in [0.5, 0.6) is 0 Å². The molecule has 19 heavy (non-hydrogen) atoms. The standard InChI is InChI=1S/C15H24N2O2/c1-5-15(18)17-13-7-6-12(3)14(8-13)16-9-11(2)10-19-4/h6-8,11,16H,5,9-10H2,1-4H3,(H,17,18). The summed E-state index contributed by atoms with van der Waals surface area (Å²) in [6.07, 6.45) is 0.488. The van der Waals surface area contributed by atoms with E-state index in [0.717, 1.165) is 24.5 Å². The van der Waals surface area contributed by atoms with Crippen LogP contribution in [0.2, 0.25) is 0 Å². The summed E-state index contributed by atoms with van der Waals surface area (Å²) in [5, 5.41) is 6.27. The normalized spacial score (nSPS) is 12.0. The number of methoxy groups -OCH3 is 1. The molecule has 1 amide bonds. The van der Waals surface area contributed by atoms with E-state index in [-0.39, 0.29) is 5.91 Å². The van der Waals surface area contributed by atoms with E-state index in [9.17, 15) is 4.79 Å². The maximum atomic E-state index is 11.4. The molecule has 4 heteroatoms. The van der Waals surface area contributed by atoms with Gasteiger partial charge in [-0.3, -0.25) is 4.79 Å². The van der Waals surface area contributed by atoms with Crippen LogP contribution in [0.15, 0.2) is 18.2 Å². The Balaban J connectivity index is 2.66. The van der Waals surface area contributed by atoms with Crippen molar-refractivity contribution in [1.29, 1.82) is 0 Å². The molecule has 0 fully saturated rings. The highest BCUT2D eigenvalue weighted by Crippen LogP contribution is 2.20. The van der Waals surface area contributed by atoms with Crippen LogP contribution in [0.3, 0.4) is 0 Å². The zero-order valence-corrected chi connectivity index (χ0v) is 12.2. The van der Waals surface area contributed by atoms with Gasteiger partial charge >= 0.3 is 0 Å². The van der Waals surface area contributed by atoms with Gasteiger partial charge in [0.25, 0.3) is 0 Å². The van der Waals surface area contributed by atoms with E-state index in [4.69, 9.17) is 4.74 Å². The third kappa shape index (κ3) is 5.30. The largest absolute Gasteiger partial charge is 0.384 e. The number of aryl methyl sites for hydroxylation is 1. The molecule has 1 unspecified atom stereocenters. The Morgan fingerprint density at radius 2 is 2.16 bits per heavy atom. The van der Waals surface area contributed by atoms with Crippen LogP contribution in [0.1, 0.15) is 25.8 Å². The predicted octanol–water partition coefficient (Wildman–Crippen LogP) is 3.04. The SMILES string of the molecule is CCC(=O)Nc1ccc(C)c(NCC(C)COC)c1. The lowest BCUT2D eigenvalue weighted by atomic mass is 10.1. The van der Waals surface area contributed by atoms with Crippen LogP contribution >= 0.6 is 0 Å². The van der Waals surface area contributed by atoms with Crippen molar-refractivity contribution < 1.29 is 9.53 Å². The second kappa shape index (κ2) is 7.79. The Hall–Kier alpha value is -1.55. The zero-order valence-electron chi connectivity index (χ0n) is 12.2. The number of carbonyl (C=O) groups excluding carboxylic acids is 1. The van der Waals surface area contributed by atoms with E-state index in [1.165, 1.54) is 5.56 Å². The second-order valence-electron chi connectivity index (χ2n) is 4.87. The van der Waals surface area contributed by atoms with Crippen molar-refractivity contribution in [3.8, 4) is 0 Å². The minimum Gasteiger partial charge on any atom is -0.384 e. The molecular formula is C15H24N2O2. The Labute approximate surface area is 115 Å². The Kier molecular flexibility index (Phi) is 6.36. The highest BCUT2D eigenvalue weighted by Gasteiger charge is 2.05. The fraction of sp³-hybridized carbons (Fsp3) is 0.533. The summed E-state index contributed by atoms with van der Waals surface area (Å²) in [5.41, 5.74) is 3.05. The van der Waals surface area contributed by atoms with Crippen molar-refractivity contribution in [3.63, 3.8) is 0 Å². The van der Waals surface area contributed by atoms with Crippen LogP contribution in [0, 0.1) is 12.8 Å². The number of hydrogen-bond acceptors (Lipinski definition) is 3. The first-order chi connectivity index (χ1) is 9.06. The molecule has 0 radical (unpaired) electrons. The summed E-state index contributed by atoms with van der Waals surface area (Å²) in [7, 11) is 1.71. The average molecular weight is 264 g/mol. The van der Waals surface area contributed by atoms with Crippen LogP contribution < -0.4 is 10.6 Å². The summed E-state index contributed by atoms with van der Waals surface area (Å²) in [4.78, 5) is 11.4. The molecule has 0 aliphatic heterocycles. The van der Waals surface area contributed by atoms with Crippen molar-refractivity contribution >= 4 is 17.3 Å². The smallest absolute Gasteiger partial charge is 0.224 e. The highest BCUT2D eigenvalue weighted by molar-refractivity contribution is 5.91. The molecule has 0 aliphatic rings.